The molecule has 1 N–H and O–H groups in total. The first-order chi connectivity index (χ1) is 16.9. The Morgan fingerprint density at radius 2 is 1.43 bits per heavy atom. The van der Waals surface area contributed by atoms with Crippen molar-refractivity contribution < 1.29 is 24.1 Å². The third-order valence-corrected chi connectivity index (χ3v) is 6.96. The highest BCUT2D eigenvalue weighted by Crippen LogP contribution is 2.27. The van der Waals surface area contributed by atoms with E-state index in [1.165, 1.54) is 64.7 Å². The number of rotatable bonds is 21. The summed E-state index contributed by atoms with van der Waals surface area (Å²) < 4.78 is 17.3. The number of aliphatic hydroxyl groups is 1. The summed E-state index contributed by atoms with van der Waals surface area (Å²) in [7, 11) is 1.65. The smallest absolute Gasteiger partial charge is 0.302 e. The van der Waals surface area contributed by atoms with Crippen molar-refractivity contribution in [2.24, 2.45) is 11.8 Å². The molecule has 0 aliphatic heterocycles. The summed E-state index contributed by atoms with van der Waals surface area (Å²) in [6.07, 6.45) is 14.6. The molecular formula is C30H52O5. The molecule has 1 rings (SSSR count). The topological polar surface area (TPSA) is 65.0 Å². The van der Waals surface area contributed by atoms with Crippen LogP contribution in [0.2, 0.25) is 0 Å². The first-order valence-corrected chi connectivity index (χ1v) is 14.0. The van der Waals surface area contributed by atoms with E-state index in [0.29, 0.717) is 6.61 Å². The SMILES string of the molecule is CCCCCCCCCCCCC[C@@H](OC(C)=O)[C@@H](C)[C@@H](OCc1ccc(OC)cc1)[C@@H](C)CO. The molecule has 0 unspecified atom stereocenters. The van der Waals surface area contributed by atoms with Crippen molar-refractivity contribution in [2.45, 2.75) is 124 Å². The summed E-state index contributed by atoms with van der Waals surface area (Å²) in [6.45, 7) is 8.27. The molecule has 0 aliphatic carbocycles. The van der Waals surface area contributed by atoms with Crippen molar-refractivity contribution in [1.29, 1.82) is 0 Å². The minimum atomic E-state index is -0.254. The van der Waals surface area contributed by atoms with E-state index in [1.54, 1.807) is 7.11 Å². The van der Waals surface area contributed by atoms with Crippen LogP contribution in [0.15, 0.2) is 24.3 Å². The Bertz CT molecular complexity index is 645. The second-order valence-electron chi connectivity index (χ2n) is 10.1. The van der Waals surface area contributed by atoms with Crippen molar-refractivity contribution in [1.82, 2.24) is 0 Å². The lowest BCUT2D eigenvalue weighted by Gasteiger charge is -2.34. The van der Waals surface area contributed by atoms with Gasteiger partial charge in [0.1, 0.15) is 11.9 Å². The van der Waals surface area contributed by atoms with Crippen molar-refractivity contribution in [3.63, 3.8) is 0 Å². The largest absolute Gasteiger partial charge is 0.497 e. The Hall–Kier alpha value is -1.59. The monoisotopic (exact) mass is 492 g/mol. The molecule has 0 aromatic heterocycles. The average Bonchev–Trinajstić information content (AvgIpc) is 2.86. The number of carbonyl (C=O) groups excluding carboxylic acids is 1. The van der Waals surface area contributed by atoms with Gasteiger partial charge in [-0.05, 0) is 30.5 Å². The number of benzene rings is 1. The molecule has 5 nitrogen and oxygen atoms in total. The van der Waals surface area contributed by atoms with Gasteiger partial charge in [-0.3, -0.25) is 4.79 Å². The summed E-state index contributed by atoms with van der Waals surface area (Å²) in [6, 6.07) is 7.80. The third kappa shape index (κ3) is 13.9. The first-order valence-electron chi connectivity index (χ1n) is 14.0. The maximum absolute atomic E-state index is 11.8. The van der Waals surface area contributed by atoms with E-state index in [-0.39, 0.29) is 36.6 Å². The normalized spacial score (nSPS) is 14.8. The van der Waals surface area contributed by atoms with Crippen LogP contribution in [0.3, 0.4) is 0 Å². The Kier molecular flexibility index (Phi) is 17.6. The Morgan fingerprint density at radius 3 is 1.91 bits per heavy atom. The number of ether oxygens (including phenoxy) is 3. The Balaban J connectivity index is 2.51. The number of unbranched alkanes of at least 4 members (excludes halogenated alkanes) is 10. The highest BCUT2D eigenvalue weighted by molar-refractivity contribution is 5.66. The lowest BCUT2D eigenvalue weighted by Crippen LogP contribution is -2.39. The van der Waals surface area contributed by atoms with Gasteiger partial charge in [0.2, 0.25) is 0 Å². The van der Waals surface area contributed by atoms with Crippen LogP contribution in [-0.2, 0) is 20.9 Å². The van der Waals surface area contributed by atoms with Gasteiger partial charge in [0.25, 0.3) is 0 Å². The molecule has 0 heterocycles. The van der Waals surface area contributed by atoms with Gasteiger partial charge < -0.3 is 19.3 Å². The van der Waals surface area contributed by atoms with Crippen molar-refractivity contribution >= 4 is 5.97 Å². The van der Waals surface area contributed by atoms with Crippen LogP contribution in [0.1, 0.15) is 110 Å². The lowest BCUT2D eigenvalue weighted by molar-refractivity contribution is -0.155. The van der Waals surface area contributed by atoms with Gasteiger partial charge in [0.05, 0.1) is 19.8 Å². The highest BCUT2D eigenvalue weighted by Gasteiger charge is 2.32. The fourth-order valence-electron chi connectivity index (χ4n) is 4.72. The van der Waals surface area contributed by atoms with Gasteiger partial charge >= 0.3 is 5.97 Å². The van der Waals surface area contributed by atoms with Gasteiger partial charge in [-0.1, -0.05) is 97.1 Å². The first kappa shape index (κ1) is 31.4. The number of methoxy groups -OCH3 is 1. The molecule has 0 radical (unpaired) electrons. The van der Waals surface area contributed by atoms with Gasteiger partial charge in [-0.25, -0.2) is 0 Å². The van der Waals surface area contributed by atoms with Crippen LogP contribution in [-0.4, -0.2) is 37.0 Å². The molecule has 5 heteroatoms. The second-order valence-corrected chi connectivity index (χ2v) is 10.1. The molecule has 0 amide bonds. The van der Waals surface area contributed by atoms with E-state index in [2.05, 4.69) is 13.8 Å². The summed E-state index contributed by atoms with van der Waals surface area (Å²) in [5.74, 6) is 0.487. The highest BCUT2D eigenvalue weighted by atomic mass is 16.5. The maximum Gasteiger partial charge on any atom is 0.302 e. The fourth-order valence-corrected chi connectivity index (χ4v) is 4.72. The fraction of sp³-hybridized carbons (Fsp3) is 0.767. The zero-order valence-corrected chi connectivity index (χ0v) is 23.1. The standard InChI is InChI=1S/C30H52O5/c1-6-7-8-9-10-11-12-13-14-15-16-17-29(35-26(4)32)25(3)30(24(2)22-31)34-23-27-18-20-28(33-5)21-19-27/h18-21,24-25,29-31H,6-17,22-23H2,1-5H3/t24-,25+,29+,30-/m0/s1. The molecule has 1 aromatic rings. The molecule has 4 atom stereocenters. The number of carbonyl (C=O) groups is 1. The van der Waals surface area contributed by atoms with Crippen molar-refractivity contribution in [3.05, 3.63) is 29.8 Å². The zero-order valence-electron chi connectivity index (χ0n) is 23.1. The molecular weight excluding hydrogens is 440 g/mol. The lowest BCUT2D eigenvalue weighted by atomic mass is 9.87. The van der Waals surface area contributed by atoms with Crippen LogP contribution in [0, 0.1) is 11.8 Å². The van der Waals surface area contributed by atoms with Crippen molar-refractivity contribution in [3.8, 4) is 5.75 Å². The molecule has 202 valence electrons. The maximum atomic E-state index is 11.8. The molecule has 0 saturated heterocycles. The molecule has 0 aliphatic rings. The molecule has 0 fully saturated rings. The van der Waals surface area contributed by atoms with Crippen LogP contribution >= 0.6 is 0 Å². The quantitative estimate of drug-likeness (QED) is 0.142. The van der Waals surface area contributed by atoms with Crippen molar-refractivity contribution in [2.75, 3.05) is 13.7 Å². The molecule has 1 aromatic carbocycles. The van der Waals surface area contributed by atoms with Crippen LogP contribution in [0.5, 0.6) is 5.75 Å². The van der Waals surface area contributed by atoms with E-state index in [4.69, 9.17) is 14.2 Å². The van der Waals surface area contributed by atoms with E-state index >= 15 is 0 Å². The summed E-state index contributed by atoms with van der Waals surface area (Å²) >= 11 is 0. The Morgan fingerprint density at radius 1 is 0.886 bits per heavy atom. The predicted octanol–water partition coefficient (Wildman–Crippen LogP) is 7.48. The molecule has 0 bridgehead atoms. The minimum Gasteiger partial charge on any atom is -0.497 e. The van der Waals surface area contributed by atoms with E-state index in [9.17, 15) is 9.90 Å². The molecule has 0 spiro atoms. The second kappa shape index (κ2) is 19.6. The van der Waals surface area contributed by atoms with Crippen LogP contribution < -0.4 is 4.74 Å². The number of hydrogen-bond acceptors (Lipinski definition) is 5. The van der Waals surface area contributed by atoms with Gasteiger partial charge in [0, 0.05) is 25.4 Å². The van der Waals surface area contributed by atoms with Crippen LogP contribution in [0.4, 0.5) is 0 Å². The average molecular weight is 493 g/mol. The van der Waals surface area contributed by atoms with E-state index in [0.717, 1.165) is 30.6 Å². The molecule has 35 heavy (non-hydrogen) atoms. The number of esters is 1. The van der Waals surface area contributed by atoms with Gasteiger partial charge in [0.15, 0.2) is 0 Å². The minimum absolute atomic E-state index is 0.0116. The van der Waals surface area contributed by atoms with Crippen LogP contribution in [0.25, 0.3) is 0 Å². The van der Waals surface area contributed by atoms with Gasteiger partial charge in [-0.2, -0.15) is 0 Å². The van der Waals surface area contributed by atoms with Gasteiger partial charge in [-0.15, -0.1) is 0 Å². The summed E-state index contributed by atoms with van der Waals surface area (Å²) in [4.78, 5) is 11.8. The zero-order chi connectivity index (χ0) is 25.9. The third-order valence-electron chi connectivity index (χ3n) is 6.96. The number of aliphatic hydroxyl groups excluding tert-OH is 1. The number of hydrogen-bond donors (Lipinski definition) is 1. The predicted molar refractivity (Wildman–Crippen MR) is 144 cm³/mol. The van der Waals surface area contributed by atoms with E-state index in [1.807, 2.05) is 31.2 Å². The summed E-state index contributed by atoms with van der Waals surface area (Å²) in [5.41, 5.74) is 1.04. The summed E-state index contributed by atoms with van der Waals surface area (Å²) in [5, 5.41) is 9.86. The molecule has 0 saturated carbocycles. The van der Waals surface area contributed by atoms with E-state index < -0.39 is 0 Å². The Labute approximate surface area is 214 Å².